The molecular formula is C62H88Cl2CoN5O9S3+. The van der Waals surface area contributed by atoms with Crippen LogP contribution >= 0.6 is 11.3 Å². The maximum Gasteiger partial charge on any atom is 2.00 e. The number of aromatic nitrogens is 2. The van der Waals surface area contributed by atoms with E-state index in [1.807, 2.05) is 18.3 Å². The van der Waals surface area contributed by atoms with Crippen LogP contribution in [0.25, 0.3) is 31.7 Å². The molecule has 0 amide bonds. The van der Waals surface area contributed by atoms with E-state index in [0.717, 1.165) is 94.0 Å². The van der Waals surface area contributed by atoms with Gasteiger partial charge in [-0.15, -0.1) is 11.3 Å². The maximum absolute atomic E-state index is 12.9. The summed E-state index contributed by atoms with van der Waals surface area (Å²) in [5.74, 6) is -1.62. The molecule has 3 aromatic rings. The van der Waals surface area contributed by atoms with Crippen LogP contribution in [0.15, 0.2) is 106 Å². The smallest absolute Gasteiger partial charge is 1.00 e. The van der Waals surface area contributed by atoms with Crippen LogP contribution in [-0.4, -0.2) is 104 Å². The van der Waals surface area contributed by atoms with E-state index in [9.17, 15) is 26.7 Å². The molecule has 0 atom stereocenters. The third-order valence-electron chi connectivity index (χ3n) is 15.9. The van der Waals surface area contributed by atoms with Crippen molar-refractivity contribution in [3.05, 3.63) is 112 Å². The second-order valence-electron chi connectivity index (χ2n) is 21.2. The second kappa shape index (κ2) is 33.5. The number of hydrogen-bond acceptors (Lipinski definition) is 14. The Hall–Kier alpha value is -4.11. The number of unbranched alkanes of at least 4 members (excludes halogenated alkanes) is 4. The Morgan fingerprint density at radius 3 is 1.82 bits per heavy atom. The number of aliphatic hydroxyl groups excluding tert-OH is 2. The van der Waals surface area contributed by atoms with Gasteiger partial charge in [0, 0.05) is 63.2 Å². The van der Waals surface area contributed by atoms with Crippen molar-refractivity contribution >= 4 is 69.5 Å². The number of hydrogen-bond donors (Lipinski definition) is 2. The van der Waals surface area contributed by atoms with Gasteiger partial charge in [-0.25, -0.2) is 31.6 Å². The fourth-order valence-corrected chi connectivity index (χ4v) is 16.2. The van der Waals surface area contributed by atoms with Crippen molar-refractivity contribution in [2.24, 2.45) is 4.99 Å². The molecule has 2 N–H and O–H groups in total. The minimum absolute atomic E-state index is 0. The normalized spacial score (nSPS) is 18.1. The van der Waals surface area contributed by atoms with E-state index in [-0.39, 0.29) is 54.4 Å². The fourth-order valence-electron chi connectivity index (χ4n) is 11.3. The Morgan fingerprint density at radius 1 is 0.732 bits per heavy atom. The number of benzene rings is 3. The number of anilines is 1. The van der Waals surface area contributed by atoms with E-state index in [2.05, 4.69) is 107 Å². The third kappa shape index (κ3) is 16.4. The molecule has 3 aliphatic carbocycles. The first kappa shape index (κ1) is 72.1. The van der Waals surface area contributed by atoms with Gasteiger partial charge in [-0.3, -0.25) is 4.98 Å². The van der Waals surface area contributed by atoms with Crippen LogP contribution < -0.4 is 35.1 Å². The maximum atomic E-state index is 12.9. The summed E-state index contributed by atoms with van der Waals surface area (Å²) in [5.41, 5.74) is 6.23. The zero-order chi connectivity index (χ0) is 57.3. The van der Waals surface area contributed by atoms with Gasteiger partial charge in [-0.1, -0.05) is 84.4 Å². The molecule has 14 nitrogen and oxygen atoms in total. The summed E-state index contributed by atoms with van der Waals surface area (Å²) >= 11 is 1.74. The van der Waals surface area contributed by atoms with Gasteiger partial charge in [-0.2, -0.15) is 0 Å². The number of fused-ring (bicyclic) bond motifs is 4. The van der Waals surface area contributed by atoms with Crippen molar-refractivity contribution in [2.45, 2.75) is 174 Å². The van der Waals surface area contributed by atoms with Crippen molar-refractivity contribution in [3.63, 3.8) is 0 Å². The molecule has 1 aromatic heterocycles. The Balaban J connectivity index is 0.000000325. The molecule has 82 heavy (non-hydrogen) atoms. The number of pyridine rings is 1. The van der Waals surface area contributed by atoms with Gasteiger partial charge in [0.1, 0.15) is 5.69 Å². The SMILES string of the molecule is CCCC[N+](CCCC)(CCCC)CCCC.CCN(CC)c1ccc(N=c2cc3sc4ccccc4nc-3c3ncccc23)c(C)c1.CO.O=C1OC2(CCCCC2)S(=O)(=O)/C1=C/C=C/C1=C(O)OC2(CCCCC2)S1(=O)=O.[Cl-].[Cl-].[Co+2]. The summed E-state index contributed by atoms with van der Waals surface area (Å²) in [6.45, 7) is 23.5. The molecule has 0 bridgehead atoms. The molecule has 3 aliphatic heterocycles. The molecule has 1 saturated heterocycles. The molecule has 455 valence electrons. The van der Waals surface area contributed by atoms with Gasteiger partial charge >= 0.3 is 22.7 Å². The number of quaternary nitrogens is 1. The van der Waals surface area contributed by atoms with E-state index in [1.165, 1.54) is 93.3 Å². The van der Waals surface area contributed by atoms with E-state index in [1.54, 1.807) is 11.3 Å². The third-order valence-corrected chi connectivity index (χ3v) is 21.7. The second-order valence-corrected chi connectivity index (χ2v) is 26.7. The van der Waals surface area contributed by atoms with Crippen molar-refractivity contribution in [2.75, 3.05) is 51.3 Å². The van der Waals surface area contributed by atoms with Crippen LogP contribution in [0.1, 0.15) is 163 Å². The number of para-hydroxylation sites is 1. The number of halogens is 2. The monoisotopic (exact) mass is 1270 g/mol. The average molecular weight is 1270 g/mol. The van der Waals surface area contributed by atoms with Crippen LogP contribution in [-0.2, 0) is 50.7 Å². The van der Waals surface area contributed by atoms with Gasteiger partial charge in [0.05, 0.1) is 57.8 Å². The average Bonchev–Trinajstić information content (AvgIpc) is 4.00. The predicted molar refractivity (Wildman–Crippen MR) is 323 cm³/mol. The quantitative estimate of drug-likeness (QED) is 0.0285. The zero-order valence-corrected chi connectivity index (χ0v) is 54.4. The van der Waals surface area contributed by atoms with Crippen molar-refractivity contribution in [1.29, 1.82) is 0 Å². The number of carbonyl (C=O) groups is 1. The number of rotatable bonds is 18. The summed E-state index contributed by atoms with van der Waals surface area (Å²) in [7, 11) is -6.92. The standard InChI is InChI=1S/C26H24N4S.C19H24O8S2.C16H36N.CH4O.2ClH.Co/c1-4-30(5-2)18-12-13-20(17(3)15-18)28-22-16-24-26(25-19(22)9-8-14-27-25)29-21-10-6-7-11-23(21)31-24;20-16-14(28(22,23)18(26-16)10-3-1-4-11-18)8-7-9-15-17(21)27-19(29(15,24)25)12-5-2-6-13-19;1-5-9-13-17(14-10-6-2,15-11-7-3)16-12-8-4;1-2;;;/h6-16H,4-5H2,1-3H3;7-9,20H,1-6,10-13H2;5-16H2,1-4H3;2H,1H3;2*1H;/q;;+1;;;;+2/p-2/b;8-7+,15-9+;;;;;. The molecule has 2 saturated carbocycles. The molecule has 2 spiro atoms. The molecule has 20 heteroatoms. The van der Waals surface area contributed by atoms with Gasteiger partial charge in [0.15, 0.2) is 9.81 Å². The minimum atomic E-state index is -3.99. The van der Waals surface area contributed by atoms with Crippen molar-refractivity contribution in [1.82, 2.24) is 9.97 Å². The van der Waals surface area contributed by atoms with Crippen LogP contribution in [0.2, 0.25) is 0 Å². The Morgan fingerprint density at radius 2 is 1.28 bits per heavy atom. The zero-order valence-electron chi connectivity index (χ0n) is 49.4. The molecule has 1 radical (unpaired) electrons. The Labute approximate surface area is 515 Å². The van der Waals surface area contributed by atoms with E-state index < -0.39 is 51.3 Å². The van der Waals surface area contributed by atoms with E-state index >= 15 is 0 Å². The number of sulfone groups is 2. The van der Waals surface area contributed by atoms with Gasteiger partial charge in [0.25, 0.3) is 5.95 Å². The number of nitrogens with zero attached hydrogens (tertiary/aromatic N) is 5. The topological polar surface area (TPSA) is 186 Å². The first-order valence-corrected chi connectivity index (χ1v) is 32.9. The van der Waals surface area contributed by atoms with Crippen molar-refractivity contribution in [3.8, 4) is 10.6 Å². The molecule has 9 rings (SSSR count). The van der Waals surface area contributed by atoms with Gasteiger partial charge in [0.2, 0.25) is 29.5 Å². The van der Waals surface area contributed by atoms with Crippen LogP contribution in [0.5, 0.6) is 0 Å². The number of esters is 1. The summed E-state index contributed by atoms with van der Waals surface area (Å²) in [6, 6.07) is 21.0. The van der Waals surface area contributed by atoms with Gasteiger partial charge in [-0.05, 0) is 138 Å². The molecule has 0 unspecified atom stereocenters. The molecule has 6 aliphatic rings. The van der Waals surface area contributed by atoms with Crippen molar-refractivity contribution < 1.29 is 87.4 Å². The fraction of sp³-hybridized carbons (Fsp3) is 0.548. The largest absolute Gasteiger partial charge is 2.00 e. The number of carbonyl (C=O) groups excluding carboxylic acids is 1. The summed E-state index contributed by atoms with van der Waals surface area (Å²) in [6.07, 6.45) is 21.7. The molecular weight excluding hydrogens is 1180 g/mol. The number of allylic oxidation sites excluding steroid dienone is 3. The molecule has 4 heterocycles. The minimum Gasteiger partial charge on any atom is -1.00 e. The Bertz CT molecular complexity index is 3170. The molecule has 3 fully saturated rings. The molecule has 2 aromatic carbocycles. The number of ether oxygens (including phenoxy) is 2. The Kier molecular flexibility index (Phi) is 29.5. The predicted octanol–water partition coefficient (Wildman–Crippen LogP) is 7.84. The van der Waals surface area contributed by atoms with Crippen LogP contribution in [0.3, 0.4) is 0 Å². The van der Waals surface area contributed by atoms with E-state index in [0.29, 0.717) is 38.5 Å². The number of aliphatic hydroxyl groups is 2. The number of aryl methyl sites for hydroxylation is 1. The van der Waals surface area contributed by atoms with Crippen LogP contribution in [0.4, 0.5) is 11.4 Å². The van der Waals surface area contributed by atoms with E-state index in [4.69, 9.17) is 24.6 Å². The summed E-state index contributed by atoms with van der Waals surface area (Å²) in [4.78, 5) is 26.5. The summed E-state index contributed by atoms with van der Waals surface area (Å²) in [5, 5.41) is 19.0. The first-order chi connectivity index (χ1) is 38.1. The summed E-state index contributed by atoms with van der Waals surface area (Å²) < 4.78 is 64.8. The first-order valence-electron chi connectivity index (χ1n) is 29.1. The van der Waals surface area contributed by atoms with Gasteiger partial charge < -0.3 is 53.9 Å². The van der Waals surface area contributed by atoms with Crippen LogP contribution in [0, 0.1) is 6.92 Å².